The molecule has 0 aliphatic heterocycles. The normalized spacial score (nSPS) is 10.7. The van der Waals surface area contributed by atoms with E-state index in [4.69, 9.17) is 16.0 Å². The number of carbonyl (C=O) groups excluding carboxylic acids is 1. The summed E-state index contributed by atoms with van der Waals surface area (Å²) in [6.45, 7) is 0. The third kappa shape index (κ3) is 4.93. The molecule has 2 aromatic carbocycles. The highest BCUT2D eigenvalue weighted by Gasteiger charge is 2.14. The molecule has 0 spiro atoms. The van der Waals surface area contributed by atoms with E-state index < -0.39 is 17.2 Å². The molecule has 0 aliphatic rings. The quantitative estimate of drug-likeness (QED) is 0.428. The number of hydrogen-bond donors (Lipinski definition) is 2. The van der Waals surface area contributed by atoms with Crippen LogP contribution in [0.4, 0.5) is 5.82 Å². The molecule has 0 atom stereocenters. The van der Waals surface area contributed by atoms with Crippen molar-refractivity contribution >= 4 is 35.1 Å². The van der Waals surface area contributed by atoms with Gasteiger partial charge < -0.3 is 9.73 Å². The molecule has 0 saturated heterocycles. The lowest BCUT2D eigenvalue weighted by Crippen LogP contribution is -2.32. The largest absolute Gasteiger partial charge is 0.411 e. The molecule has 0 bridgehead atoms. The van der Waals surface area contributed by atoms with Crippen LogP contribution >= 0.6 is 23.4 Å². The molecular weight excluding hydrogens is 442 g/mol. The predicted octanol–water partition coefficient (Wildman–Crippen LogP) is 2.96. The van der Waals surface area contributed by atoms with E-state index in [0.29, 0.717) is 16.6 Å². The minimum atomic E-state index is -0.692. The average molecular weight is 456 g/mol. The lowest BCUT2D eigenvalue weighted by atomic mass is 10.2. The highest BCUT2D eigenvalue weighted by atomic mass is 35.5. The smallest absolute Gasteiger partial charge is 0.334 e. The lowest BCUT2D eigenvalue weighted by molar-refractivity contribution is -0.113. The van der Waals surface area contributed by atoms with Crippen molar-refractivity contribution in [2.45, 2.75) is 5.22 Å². The number of rotatable bonds is 6. The van der Waals surface area contributed by atoms with E-state index in [1.54, 1.807) is 24.3 Å². The Hall–Kier alpha value is -3.63. The second-order valence-corrected chi connectivity index (χ2v) is 7.57. The standard InChI is InChI=1S/C20H14ClN5O4S/c21-13-6-8-14(9-7-13)26-15(10-16(27)23-19(26)29)22-17(28)11-31-20-25-24-18(30-20)12-4-2-1-3-5-12/h1-10H,11H2,(H,22,28)(H,23,27,29). The van der Waals surface area contributed by atoms with Crippen LogP contribution in [0.25, 0.3) is 17.1 Å². The summed E-state index contributed by atoms with van der Waals surface area (Å²) in [6, 6.07) is 16.7. The average Bonchev–Trinajstić information content (AvgIpc) is 3.23. The van der Waals surface area contributed by atoms with Crippen molar-refractivity contribution in [1.29, 1.82) is 0 Å². The van der Waals surface area contributed by atoms with Gasteiger partial charge in [0, 0.05) is 16.7 Å². The van der Waals surface area contributed by atoms with E-state index in [0.717, 1.165) is 23.4 Å². The first-order valence-corrected chi connectivity index (χ1v) is 10.3. The molecule has 31 heavy (non-hydrogen) atoms. The van der Waals surface area contributed by atoms with Gasteiger partial charge in [0.2, 0.25) is 11.8 Å². The Kier molecular flexibility index (Phi) is 6.01. The molecule has 0 saturated carbocycles. The summed E-state index contributed by atoms with van der Waals surface area (Å²) in [5, 5.41) is 11.2. The zero-order chi connectivity index (χ0) is 21.8. The summed E-state index contributed by atoms with van der Waals surface area (Å²) in [5.41, 5.74) is -0.135. The van der Waals surface area contributed by atoms with Crippen molar-refractivity contribution in [2.24, 2.45) is 0 Å². The van der Waals surface area contributed by atoms with Gasteiger partial charge >= 0.3 is 5.69 Å². The topological polar surface area (TPSA) is 123 Å². The van der Waals surface area contributed by atoms with Gasteiger partial charge in [-0.15, -0.1) is 10.2 Å². The fraction of sp³-hybridized carbons (Fsp3) is 0.0500. The summed E-state index contributed by atoms with van der Waals surface area (Å²) >= 11 is 6.92. The molecule has 0 fully saturated rings. The molecule has 1 amide bonds. The second-order valence-electron chi connectivity index (χ2n) is 6.21. The van der Waals surface area contributed by atoms with Gasteiger partial charge in [-0.1, -0.05) is 41.6 Å². The van der Waals surface area contributed by atoms with E-state index >= 15 is 0 Å². The molecule has 156 valence electrons. The van der Waals surface area contributed by atoms with E-state index in [2.05, 4.69) is 20.5 Å². The van der Waals surface area contributed by atoms with Crippen LogP contribution < -0.4 is 16.6 Å². The number of anilines is 1. The maximum atomic E-state index is 12.5. The molecule has 11 heteroatoms. The highest BCUT2D eigenvalue weighted by molar-refractivity contribution is 7.99. The Balaban J connectivity index is 1.49. The minimum absolute atomic E-state index is 0.0252. The number of aromatic amines is 1. The summed E-state index contributed by atoms with van der Waals surface area (Å²) in [5.74, 6) is -0.165. The Labute approximate surface area is 184 Å². The number of thioether (sulfide) groups is 1. The SMILES string of the molecule is O=C(CSc1nnc(-c2ccccc2)o1)Nc1cc(=O)[nH]c(=O)n1-c1ccc(Cl)cc1. The molecule has 2 aromatic heterocycles. The summed E-state index contributed by atoms with van der Waals surface area (Å²) < 4.78 is 6.72. The monoisotopic (exact) mass is 455 g/mol. The van der Waals surface area contributed by atoms with Crippen LogP contribution in [0, 0.1) is 0 Å². The van der Waals surface area contributed by atoms with E-state index in [1.165, 1.54) is 4.57 Å². The lowest BCUT2D eigenvalue weighted by Gasteiger charge is -2.12. The van der Waals surface area contributed by atoms with Gasteiger partial charge in [0.25, 0.3) is 10.8 Å². The van der Waals surface area contributed by atoms with Gasteiger partial charge in [-0.05, 0) is 36.4 Å². The third-order valence-corrected chi connectivity index (χ3v) is 5.12. The second kappa shape index (κ2) is 9.02. The van der Waals surface area contributed by atoms with Gasteiger partial charge in [0.1, 0.15) is 5.82 Å². The number of hydrogen-bond acceptors (Lipinski definition) is 7. The predicted molar refractivity (Wildman–Crippen MR) is 117 cm³/mol. The van der Waals surface area contributed by atoms with Crippen molar-refractivity contribution in [1.82, 2.24) is 19.7 Å². The van der Waals surface area contributed by atoms with Crippen molar-refractivity contribution < 1.29 is 9.21 Å². The van der Waals surface area contributed by atoms with Crippen LogP contribution in [-0.2, 0) is 4.79 Å². The molecule has 4 rings (SSSR count). The number of amides is 1. The number of aromatic nitrogens is 4. The Bertz CT molecular complexity index is 1330. The number of nitrogens with zero attached hydrogens (tertiary/aromatic N) is 3. The van der Waals surface area contributed by atoms with Crippen molar-refractivity contribution in [3.63, 3.8) is 0 Å². The summed E-state index contributed by atoms with van der Waals surface area (Å²) in [6.07, 6.45) is 0. The molecule has 9 nitrogen and oxygen atoms in total. The van der Waals surface area contributed by atoms with E-state index in [9.17, 15) is 14.4 Å². The van der Waals surface area contributed by atoms with Gasteiger partial charge in [-0.25, -0.2) is 9.36 Å². The van der Waals surface area contributed by atoms with Crippen LogP contribution in [0.5, 0.6) is 0 Å². The number of benzene rings is 2. The third-order valence-electron chi connectivity index (χ3n) is 4.05. The first-order valence-electron chi connectivity index (χ1n) is 8.93. The Morgan fingerprint density at radius 1 is 1.10 bits per heavy atom. The van der Waals surface area contributed by atoms with Gasteiger partial charge in [-0.3, -0.25) is 14.6 Å². The molecule has 4 aromatic rings. The van der Waals surface area contributed by atoms with E-state index in [-0.39, 0.29) is 16.8 Å². The summed E-state index contributed by atoms with van der Waals surface area (Å²) in [7, 11) is 0. The minimum Gasteiger partial charge on any atom is -0.411 e. The van der Waals surface area contributed by atoms with Crippen LogP contribution in [0.1, 0.15) is 0 Å². The van der Waals surface area contributed by atoms with Gasteiger partial charge in [0.15, 0.2) is 0 Å². The number of nitrogens with one attached hydrogen (secondary N) is 2. The maximum Gasteiger partial charge on any atom is 0.334 e. The van der Waals surface area contributed by atoms with Gasteiger partial charge in [-0.2, -0.15) is 0 Å². The molecular formula is C20H14ClN5O4S. The zero-order valence-electron chi connectivity index (χ0n) is 15.7. The molecule has 0 radical (unpaired) electrons. The van der Waals surface area contributed by atoms with Crippen molar-refractivity contribution in [3.8, 4) is 17.1 Å². The van der Waals surface area contributed by atoms with Crippen LogP contribution in [-0.4, -0.2) is 31.4 Å². The van der Waals surface area contributed by atoms with Crippen molar-refractivity contribution in [2.75, 3.05) is 11.1 Å². The van der Waals surface area contributed by atoms with Crippen LogP contribution in [0.15, 0.2) is 79.9 Å². The Morgan fingerprint density at radius 2 is 1.84 bits per heavy atom. The molecule has 2 heterocycles. The Morgan fingerprint density at radius 3 is 2.58 bits per heavy atom. The maximum absolute atomic E-state index is 12.5. The van der Waals surface area contributed by atoms with Crippen molar-refractivity contribution in [3.05, 3.63) is 86.5 Å². The van der Waals surface area contributed by atoms with Gasteiger partial charge in [0.05, 0.1) is 11.4 Å². The fourth-order valence-electron chi connectivity index (χ4n) is 2.71. The number of carbonyl (C=O) groups is 1. The molecule has 2 N–H and O–H groups in total. The number of halogens is 1. The zero-order valence-corrected chi connectivity index (χ0v) is 17.3. The first kappa shape index (κ1) is 20.6. The molecule has 0 aliphatic carbocycles. The van der Waals surface area contributed by atoms with Crippen LogP contribution in [0.2, 0.25) is 5.02 Å². The van der Waals surface area contributed by atoms with Crippen LogP contribution in [0.3, 0.4) is 0 Å². The summed E-state index contributed by atoms with van der Waals surface area (Å²) in [4.78, 5) is 38.7. The number of H-pyrrole nitrogens is 1. The van der Waals surface area contributed by atoms with E-state index in [1.807, 2.05) is 30.3 Å². The molecule has 0 unspecified atom stereocenters. The highest BCUT2D eigenvalue weighted by Crippen LogP contribution is 2.23. The first-order chi connectivity index (χ1) is 15.0. The fourth-order valence-corrected chi connectivity index (χ4v) is 3.39.